The first-order chi connectivity index (χ1) is 9.84. The molecule has 1 aromatic carbocycles. The second kappa shape index (κ2) is 5.66. The van der Waals surface area contributed by atoms with Gasteiger partial charge in [-0.2, -0.15) is 0 Å². The minimum Gasteiger partial charge on any atom is -0.320 e. The Morgan fingerprint density at radius 3 is 2.48 bits per heavy atom. The molecular weight excluding hydrogens is 271 g/mol. The van der Waals surface area contributed by atoms with Crippen molar-refractivity contribution >= 4 is 17.5 Å². The molecular formula is C16H17FN2O2. The summed E-state index contributed by atoms with van der Waals surface area (Å²) in [5.41, 5.74) is 5.58. The van der Waals surface area contributed by atoms with Crippen molar-refractivity contribution in [2.45, 2.75) is 26.7 Å². The molecule has 0 unspecified atom stereocenters. The minimum atomic E-state index is -0.475. The summed E-state index contributed by atoms with van der Waals surface area (Å²) in [4.78, 5) is 25.6. The molecule has 0 bridgehead atoms. The van der Waals surface area contributed by atoms with Crippen molar-refractivity contribution < 1.29 is 14.0 Å². The molecule has 0 spiro atoms. The smallest absolute Gasteiger partial charge is 0.234 e. The summed E-state index contributed by atoms with van der Waals surface area (Å²) in [6.45, 7) is 3.87. The van der Waals surface area contributed by atoms with Crippen molar-refractivity contribution in [2.75, 3.05) is 11.4 Å². The van der Waals surface area contributed by atoms with Gasteiger partial charge in [0, 0.05) is 12.8 Å². The molecule has 0 aliphatic carbocycles. The lowest BCUT2D eigenvalue weighted by Gasteiger charge is -2.35. The van der Waals surface area contributed by atoms with Crippen molar-refractivity contribution in [2.24, 2.45) is 11.1 Å². The highest BCUT2D eigenvalue weighted by Gasteiger charge is 2.38. The van der Waals surface area contributed by atoms with Gasteiger partial charge in [-0.25, -0.2) is 9.29 Å². The average molecular weight is 288 g/mol. The highest BCUT2D eigenvalue weighted by molar-refractivity contribution is 6.17. The van der Waals surface area contributed by atoms with Crippen molar-refractivity contribution in [1.29, 1.82) is 0 Å². The lowest BCUT2D eigenvalue weighted by atomic mass is 9.81. The van der Waals surface area contributed by atoms with Crippen LogP contribution in [0.4, 0.5) is 10.1 Å². The molecule has 4 nitrogen and oxygen atoms in total. The van der Waals surface area contributed by atoms with Crippen LogP contribution in [0.5, 0.6) is 0 Å². The van der Waals surface area contributed by atoms with Crippen LogP contribution in [0, 0.1) is 23.1 Å². The van der Waals surface area contributed by atoms with Gasteiger partial charge < -0.3 is 5.73 Å². The first-order valence-electron chi connectivity index (χ1n) is 6.68. The molecule has 1 heterocycles. The third-order valence-corrected chi connectivity index (χ3v) is 3.28. The summed E-state index contributed by atoms with van der Waals surface area (Å²) < 4.78 is 13.4. The maximum absolute atomic E-state index is 13.4. The fourth-order valence-corrected chi connectivity index (χ4v) is 2.40. The predicted molar refractivity (Wildman–Crippen MR) is 77.8 cm³/mol. The molecule has 1 fully saturated rings. The number of rotatable bonds is 1. The number of halogens is 1. The van der Waals surface area contributed by atoms with Gasteiger partial charge in [0.25, 0.3) is 0 Å². The fourth-order valence-electron chi connectivity index (χ4n) is 2.40. The predicted octanol–water partition coefficient (Wildman–Crippen LogP) is 1.82. The standard InChI is InChI=1S/C16H17FN2O2/c1-16(2)9-14(20)19(15(21)10-16)13-6-5-12(17)8-11(13)4-3-7-18/h5-6,8H,7,9-10,18H2,1-2H3. The number of hydrogen-bond donors (Lipinski definition) is 1. The van der Waals surface area contributed by atoms with Gasteiger partial charge in [0.15, 0.2) is 0 Å². The Morgan fingerprint density at radius 2 is 1.90 bits per heavy atom. The molecule has 0 radical (unpaired) electrons. The molecule has 21 heavy (non-hydrogen) atoms. The van der Waals surface area contributed by atoms with Gasteiger partial charge in [0.1, 0.15) is 5.82 Å². The normalized spacial score (nSPS) is 17.4. The first kappa shape index (κ1) is 15.2. The van der Waals surface area contributed by atoms with Crippen molar-refractivity contribution in [3.05, 3.63) is 29.6 Å². The maximum atomic E-state index is 13.4. The summed E-state index contributed by atoms with van der Waals surface area (Å²) >= 11 is 0. The monoisotopic (exact) mass is 288 g/mol. The fraction of sp³-hybridized carbons (Fsp3) is 0.375. The SMILES string of the molecule is CC1(C)CC(=O)N(c2ccc(F)cc2C#CCN)C(=O)C1. The average Bonchev–Trinajstić information content (AvgIpc) is 2.36. The molecule has 2 N–H and O–H groups in total. The molecule has 1 aliphatic heterocycles. The number of anilines is 1. The molecule has 110 valence electrons. The van der Waals surface area contributed by atoms with E-state index in [1.807, 2.05) is 13.8 Å². The number of amides is 2. The van der Waals surface area contributed by atoms with E-state index in [0.29, 0.717) is 11.3 Å². The zero-order valence-electron chi connectivity index (χ0n) is 12.1. The lowest BCUT2D eigenvalue weighted by molar-refractivity contribution is -0.132. The molecule has 2 amide bonds. The van der Waals surface area contributed by atoms with Crippen LogP contribution in [0.3, 0.4) is 0 Å². The van der Waals surface area contributed by atoms with Crippen molar-refractivity contribution in [3.8, 4) is 11.8 Å². The largest absolute Gasteiger partial charge is 0.320 e. The Balaban J connectivity index is 2.46. The minimum absolute atomic E-state index is 0.116. The van der Waals surface area contributed by atoms with Crippen LogP contribution in [0.15, 0.2) is 18.2 Å². The van der Waals surface area contributed by atoms with Gasteiger partial charge in [0.2, 0.25) is 11.8 Å². The molecule has 1 aliphatic rings. The van der Waals surface area contributed by atoms with Gasteiger partial charge in [-0.15, -0.1) is 0 Å². The Kier molecular flexibility index (Phi) is 4.10. The number of carbonyl (C=O) groups is 2. The highest BCUT2D eigenvalue weighted by atomic mass is 19.1. The van der Waals surface area contributed by atoms with E-state index in [4.69, 9.17) is 5.73 Å². The van der Waals surface area contributed by atoms with Gasteiger partial charge in [0.05, 0.1) is 17.8 Å². The first-order valence-corrected chi connectivity index (χ1v) is 6.68. The van der Waals surface area contributed by atoms with E-state index in [1.165, 1.54) is 18.2 Å². The Morgan fingerprint density at radius 1 is 1.29 bits per heavy atom. The number of piperidine rings is 1. The van der Waals surface area contributed by atoms with Crippen LogP contribution in [-0.2, 0) is 9.59 Å². The van der Waals surface area contributed by atoms with E-state index in [0.717, 1.165) is 4.90 Å². The second-order valence-electron chi connectivity index (χ2n) is 5.81. The van der Waals surface area contributed by atoms with Crippen LogP contribution in [0.1, 0.15) is 32.3 Å². The van der Waals surface area contributed by atoms with Crippen LogP contribution < -0.4 is 10.6 Å². The third kappa shape index (κ3) is 3.29. The van der Waals surface area contributed by atoms with E-state index in [2.05, 4.69) is 11.8 Å². The summed E-state index contributed by atoms with van der Waals surface area (Å²) in [6, 6.07) is 3.82. The second-order valence-corrected chi connectivity index (χ2v) is 5.81. The molecule has 0 saturated carbocycles. The molecule has 0 atom stereocenters. The van der Waals surface area contributed by atoms with Crippen LogP contribution in [0.2, 0.25) is 0 Å². The van der Waals surface area contributed by atoms with E-state index < -0.39 is 5.82 Å². The molecule has 1 aromatic rings. The zero-order chi connectivity index (χ0) is 15.6. The van der Waals surface area contributed by atoms with Gasteiger partial charge in [-0.3, -0.25) is 9.59 Å². The molecule has 0 aromatic heterocycles. The number of nitrogens with two attached hydrogens (primary N) is 1. The van der Waals surface area contributed by atoms with Crippen molar-refractivity contribution in [1.82, 2.24) is 0 Å². The Hall–Kier alpha value is -2.19. The van der Waals surface area contributed by atoms with Gasteiger partial charge >= 0.3 is 0 Å². The lowest BCUT2D eigenvalue weighted by Crippen LogP contribution is -2.46. The molecule has 2 rings (SSSR count). The Labute approximate surface area is 123 Å². The number of hydrogen-bond acceptors (Lipinski definition) is 3. The van der Waals surface area contributed by atoms with Gasteiger partial charge in [-0.1, -0.05) is 25.7 Å². The number of benzene rings is 1. The number of imide groups is 1. The zero-order valence-corrected chi connectivity index (χ0v) is 12.1. The van der Waals surface area contributed by atoms with E-state index >= 15 is 0 Å². The summed E-state index contributed by atoms with van der Waals surface area (Å²) in [5, 5.41) is 0. The quantitative estimate of drug-likeness (QED) is 0.633. The third-order valence-electron chi connectivity index (χ3n) is 3.28. The number of nitrogens with zero attached hydrogens (tertiary/aromatic N) is 1. The summed E-state index contributed by atoms with van der Waals surface area (Å²) in [5.74, 6) is 4.27. The number of carbonyl (C=O) groups excluding carboxylic acids is 2. The van der Waals surface area contributed by atoms with Gasteiger partial charge in [-0.05, 0) is 23.6 Å². The van der Waals surface area contributed by atoms with Crippen molar-refractivity contribution in [3.63, 3.8) is 0 Å². The molecule has 1 saturated heterocycles. The summed E-state index contributed by atoms with van der Waals surface area (Å²) in [6.07, 6.45) is 0.528. The van der Waals surface area contributed by atoms with E-state index in [-0.39, 0.29) is 36.6 Å². The van der Waals surface area contributed by atoms with E-state index in [1.54, 1.807) is 0 Å². The van der Waals surface area contributed by atoms with Crippen LogP contribution >= 0.6 is 0 Å². The highest BCUT2D eigenvalue weighted by Crippen LogP contribution is 2.35. The Bertz CT molecular complexity index is 636. The van der Waals surface area contributed by atoms with Crippen LogP contribution in [0.25, 0.3) is 0 Å². The summed E-state index contributed by atoms with van der Waals surface area (Å²) in [7, 11) is 0. The molecule has 5 heteroatoms. The topological polar surface area (TPSA) is 63.4 Å². The van der Waals surface area contributed by atoms with Crippen LogP contribution in [-0.4, -0.2) is 18.4 Å². The van der Waals surface area contributed by atoms with E-state index in [9.17, 15) is 14.0 Å². The maximum Gasteiger partial charge on any atom is 0.234 e.